The average molecular weight is 268 g/mol. The number of aromatic nitrogens is 2. The van der Waals surface area contributed by atoms with Crippen LogP contribution >= 0.6 is 11.6 Å². The highest BCUT2D eigenvalue weighted by atomic mass is 35.5. The zero-order chi connectivity index (χ0) is 13.1. The van der Waals surface area contributed by atoms with Gasteiger partial charge in [0.2, 0.25) is 0 Å². The number of benzene rings is 1. The maximum Gasteiger partial charge on any atom is 0.164 e. The molecule has 0 atom stereocenters. The molecule has 0 saturated carbocycles. The Labute approximate surface area is 111 Å². The molecule has 0 spiro atoms. The van der Waals surface area contributed by atoms with E-state index in [2.05, 4.69) is 10.4 Å². The molecule has 0 amide bonds. The molecule has 0 unspecified atom stereocenters. The second kappa shape index (κ2) is 5.40. The molecule has 5 heteroatoms. The van der Waals surface area contributed by atoms with Crippen LogP contribution in [0.3, 0.4) is 0 Å². The zero-order valence-electron chi connectivity index (χ0n) is 10.4. The zero-order valence-corrected chi connectivity index (χ0v) is 11.1. The minimum atomic E-state index is -0.416. The van der Waals surface area contributed by atoms with Crippen molar-refractivity contribution in [3.8, 4) is 0 Å². The summed E-state index contributed by atoms with van der Waals surface area (Å²) in [5.74, 6) is -0.416. The third-order valence-corrected chi connectivity index (χ3v) is 3.04. The molecule has 1 aromatic carbocycles. The van der Waals surface area contributed by atoms with Crippen molar-refractivity contribution in [1.82, 2.24) is 9.78 Å². The lowest BCUT2D eigenvalue weighted by Gasteiger charge is -2.07. The highest BCUT2D eigenvalue weighted by Gasteiger charge is 2.08. The molecule has 1 aromatic heterocycles. The van der Waals surface area contributed by atoms with Crippen LogP contribution in [0, 0.1) is 5.82 Å². The predicted octanol–water partition coefficient (Wildman–Crippen LogP) is 3.39. The number of aryl methyl sites for hydroxylation is 2. The summed E-state index contributed by atoms with van der Waals surface area (Å²) < 4.78 is 15.4. The first-order chi connectivity index (χ1) is 8.61. The monoisotopic (exact) mass is 267 g/mol. The highest BCUT2D eigenvalue weighted by Crippen LogP contribution is 2.22. The van der Waals surface area contributed by atoms with Gasteiger partial charge in [-0.25, -0.2) is 4.39 Å². The van der Waals surface area contributed by atoms with Crippen LogP contribution in [0.1, 0.15) is 18.2 Å². The maximum absolute atomic E-state index is 13.7. The van der Waals surface area contributed by atoms with E-state index < -0.39 is 5.82 Å². The van der Waals surface area contributed by atoms with Crippen molar-refractivity contribution < 1.29 is 4.39 Å². The molecule has 0 aliphatic rings. The first-order valence-corrected chi connectivity index (χ1v) is 6.19. The molecule has 96 valence electrons. The lowest BCUT2D eigenvalue weighted by molar-refractivity contribution is 0.630. The summed E-state index contributed by atoms with van der Waals surface area (Å²) in [4.78, 5) is 0. The van der Waals surface area contributed by atoms with Crippen molar-refractivity contribution in [2.24, 2.45) is 7.05 Å². The minimum absolute atomic E-state index is 0.127. The molecule has 3 nitrogen and oxygen atoms in total. The van der Waals surface area contributed by atoms with E-state index in [-0.39, 0.29) is 5.02 Å². The summed E-state index contributed by atoms with van der Waals surface area (Å²) in [7, 11) is 1.88. The predicted molar refractivity (Wildman–Crippen MR) is 71.3 cm³/mol. The van der Waals surface area contributed by atoms with Gasteiger partial charge < -0.3 is 5.32 Å². The second-order valence-electron chi connectivity index (χ2n) is 4.08. The van der Waals surface area contributed by atoms with Crippen LogP contribution in [0.4, 0.5) is 10.1 Å². The van der Waals surface area contributed by atoms with E-state index in [1.807, 2.05) is 20.2 Å². The van der Waals surface area contributed by atoms with Gasteiger partial charge in [-0.3, -0.25) is 4.68 Å². The third kappa shape index (κ3) is 2.64. The van der Waals surface area contributed by atoms with Crippen molar-refractivity contribution >= 4 is 17.3 Å². The fourth-order valence-corrected chi connectivity index (χ4v) is 2.03. The first-order valence-electron chi connectivity index (χ1n) is 5.81. The first kappa shape index (κ1) is 12.9. The van der Waals surface area contributed by atoms with Crippen LogP contribution in [-0.4, -0.2) is 9.78 Å². The van der Waals surface area contributed by atoms with Crippen molar-refractivity contribution in [3.05, 3.63) is 46.5 Å². The van der Waals surface area contributed by atoms with E-state index in [0.717, 1.165) is 17.7 Å². The van der Waals surface area contributed by atoms with Gasteiger partial charge >= 0.3 is 0 Å². The molecule has 1 heterocycles. The molecular weight excluding hydrogens is 253 g/mol. The summed E-state index contributed by atoms with van der Waals surface area (Å²) in [6.07, 6.45) is 2.80. The topological polar surface area (TPSA) is 29.9 Å². The molecular formula is C13H15ClFN3. The Kier molecular flexibility index (Phi) is 3.87. The average Bonchev–Trinajstić information content (AvgIpc) is 2.71. The van der Waals surface area contributed by atoms with Gasteiger partial charge in [0.05, 0.1) is 16.4 Å². The smallest absolute Gasteiger partial charge is 0.164 e. The molecule has 1 N–H and O–H groups in total. The molecule has 2 rings (SSSR count). The van der Waals surface area contributed by atoms with Gasteiger partial charge in [0, 0.05) is 25.4 Å². The summed E-state index contributed by atoms with van der Waals surface area (Å²) in [5.41, 5.74) is 2.50. The van der Waals surface area contributed by atoms with E-state index in [1.54, 1.807) is 16.8 Å². The van der Waals surface area contributed by atoms with Crippen LogP contribution < -0.4 is 5.32 Å². The number of nitrogens with zero attached hydrogens (tertiary/aromatic N) is 2. The Morgan fingerprint density at radius 1 is 1.44 bits per heavy atom. The molecule has 0 radical (unpaired) electrons. The number of hydrogen-bond acceptors (Lipinski definition) is 2. The standard InChI is InChI=1S/C13H15ClFN3/c1-3-11-9(8-18(2)17-11)7-16-12-6-4-5-10(14)13(12)15/h4-6,8,16H,3,7H2,1-2H3. The van der Waals surface area contributed by atoms with E-state index in [1.165, 1.54) is 6.07 Å². The normalized spacial score (nSPS) is 10.7. The van der Waals surface area contributed by atoms with Crippen LogP contribution in [0.5, 0.6) is 0 Å². The van der Waals surface area contributed by atoms with Crippen molar-refractivity contribution in [1.29, 1.82) is 0 Å². The Morgan fingerprint density at radius 2 is 2.22 bits per heavy atom. The van der Waals surface area contributed by atoms with Gasteiger partial charge in [-0.1, -0.05) is 24.6 Å². The van der Waals surface area contributed by atoms with Crippen LogP contribution in [0.25, 0.3) is 0 Å². The maximum atomic E-state index is 13.7. The lowest BCUT2D eigenvalue weighted by atomic mass is 10.2. The fourth-order valence-electron chi connectivity index (χ4n) is 1.86. The second-order valence-corrected chi connectivity index (χ2v) is 4.49. The van der Waals surface area contributed by atoms with Gasteiger partial charge in [-0.05, 0) is 18.6 Å². The third-order valence-electron chi connectivity index (χ3n) is 2.75. The largest absolute Gasteiger partial charge is 0.378 e. The van der Waals surface area contributed by atoms with Gasteiger partial charge in [0.1, 0.15) is 0 Å². The van der Waals surface area contributed by atoms with Crippen molar-refractivity contribution in [2.75, 3.05) is 5.32 Å². The van der Waals surface area contributed by atoms with E-state index in [9.17, 15) is 4.39 Å². The van der Waals surface area contributed by atoms with Crippen LogP contribution in [-0.2, 0) is 20.0 Å². The summed E-state index contributed by atoms with van der Waals surface area (Å²) in [6.45, 7) is 2.58. The number of rotatable bonds is 4. The van der Waals surface area contributed by atoms with Gasteiger partial charge in [0.15, 0.2) is 5.82 Å². The SMILES string of the molecule is CCc1nn(C)cc1CNc1cccc(Cl)c1F. The molecule has 0 saturated heterocycles. The van der Waals surface area contributed by atoms with Gasteiger partial charge in [-0.2, -0.15) is 5.10 Å². The van der Waals surface area contributed by atoms with Gasteiger partial charge in [-0.15, -0.1) is 0 Å². The van der Waals surface area contributed by atoms with Gasteiger partial charge in [0.25, 0.3) is 0 Å². The minimum Gasteiger partial charge on any atom is -0.378 e. The molecule has 0 fully saturated rings. The summed E-state index contributed by atoms with van der Waals surface area (Å²) in [5, 5.41) is 7.51. The van der Waals surface area contributed by atoms with Crippen molar-refractivity contribution in [3.63, 3.8) is 0 Å². The molecule has 0 bridgehead atoms. The molecule has 18 heavy (non-hydrogen) atoms. The Bertz CT molecular complexity index is 551. The van der Waals surface area contributed by atoms with E-state index in [4.69, 9.17) is 11.6 Å². The molecule has 0 aliphatic carbocycles. The van der Waals surface area contributed by atoms with Crippen LogP contribution in [0.15, 0.2) is 24.4 Å². The number of nitrogens with one attached hydrogen (secondary N) is 1. The van der Waals surface area contributed by atoms with Crippen molar-refractivity contribution in [2.45, 2.75) is 19.9 Å². The lowest BCUT2D eigenvalue weighted by Crippen LogP contribution is -2.03. The summed E-state index contributed by atoms with van der Waals surface area (Å²) in [6, 6.07) is 4.92. The fraction of sp³-hybridized carbons (Fsp3) is 0.308. The number of anilines is 1. The number of hydrogen-bond donors (Lipinski definition) is 1. The Morgan fingerprint density at radius 3 is 2.94 bits per heavy atom. The number of halogens is 2. The molecule has 0 aliphatic heterocycles. The highest BCUT2D eigenvalue weighted by molar-refractivity contribution is 6.31. The quantitative estimate of drug-likeness (QED) is 0.920. The van der Waals surface area contributed by atoms with E-state index in [0.29, 0.717) is 12.2 Å². The Balaban J connectivity index is 2.13. The summed E-state index contributed by atoms with van der Waals surface area (Å²) >= 11 is 5.73. The van der Waals surface area contributed by atoms with E-state index >= 15 is 0 Å². The Hall–Kier alpha value is -1.55. The van der Waals surface area contributed by atoms with Crippen LogP contribution in [0.2, 0.25) is 5.02 Å². The molecule has 2 aromatic rings.